The number of anilines is 1. The number of nitrogens with one attached hydrogen (secondary N) is 2. The molecule has 0 aliphatic heterocycles. The molecule has 8 nitrogen and oxygen atoms in total. The predicted octanol–water partition coefficient (Wildman–Crippen LogP) is 3.24. The van der Waals surface area contributed by atoms with E-state index in [1.54, 1.807) is 18.2 Å². The lowest BCUT2D eigenvalue weighted by atomic mass is 10.2. The van der Waals surface area contributed by atoms with Gasteiger partial charge in [0.1, 0.15) is 17.2 Å². The van der Waals surface area contributed by atoms with Crippen LogP contribution in [0.4, 0.5) is 5.69 Å². The molecule has 33 heavy (non-hydrogen) atoms. The van der Waals surface area contributed by atoms with Crippen molar-refractivity contribution < 1.29 is 27.4 Å². The van der Waals surface area contributed by atoms with Crippen LogP contribution in [-0.4, -0.2) is 41.7 Å². The van der Waals surface area contributed by atoms with Crippen molar-refractivity contribution in [2.24, 2.45) is 0 Å². The number of methoxy groups -OCH3 is 2. The van der Waals surface area contributed by atoms with Gasteiger partial charge in [-0.3, -0.25) is 4.79 Å². The third-order valence-electron chi connectivity index (χ3n) is 4.73. The maximum absolute atomic E-state index is 12.5. The van der Waals surface area contributed by atoms with Gasteiger partial charge in [-0.1, -0.05) is 30.3 Å². The van der Waals surface area contributed by atoms with Crippen molar-refractivity contribution in [3.63, 3.8) is 0 Å². The molecule has 0 saturated heterocycles. The van der Waals surface area contributed by atoms with Gasteiger partial charge in [0.25, 0.3) is 5.91 Å². The fourth-order valence-corrected chi connectivity index (χ4v) is 4.05. The fraction of sp³-hybridized carbons (Fsp3) is 0.208. The molecular weight excluding hydrogens is 444 g/mol. The van der Waals surface area contributed by atoms with Gasteiger partial charge in [0.05, 0.1) is 24.8 Å². The number of sulfonamides is 1. The van der Waals surface area contributed by atoms with Crippen LogP contribution in [0.1, 0.15) is 5.56 Å². The smallest absolute Gasteiger partial charge is 0.262 e. The van der Waals surface area contributed by atoms with Gasteiger partial charge in [0, 0.05) is 12.6 Å². The Kier molecular flexibility index (Phi) is 8.28. The molecule has 0 aliphatic carbocycles. The van der Waals surface area contributed by atoms with Crippen molar-refractivity contribution in [1.82, 2.24) is 4.72 Å². The molecule has 0 saturated carbocycles. The Morgan fingerprint density at radius 1 is 0.879 bits per heavy atom. The Hall–Kier alpha value is -3.56. The van der Waals surface area contributed by atoms with E-state index in [2.05, 4.69) is 10.0 Å². The summed E-state index contributed by atoms with van der Waals surface area (Å²) in [6, 6.07) is 20.5. The van der Waals surface area contributed by atoms with Gasteiger partial charge in [0.15, 0.2) is 6.61 Å². The van der Waals surface area contributed by atoms with E-state index in [1.807, 2.05) is 30.3 Å². The number of rotatable bonds is 11. The molecule has 3 aromatic rings. The fourth-order valence-electron chi connectivity index (χ4n) is 3.02. The molecule has 3 aromatic carbocycles. The lowest BCUT2D eigenvalue weighted by Gasteiger charge is -2.12. The van der Waals surface area contributed by atoms with Crippen molar-refractivity contribution in [3.05, 3.63) is 78.4 Å². The SMILES string of the molecule is COc1ccc(OC)c(NC(=O)COc2ccc(S(=O)(=O)NCCc3ccccc3)cc2)c1. The molecule has 0 spiro atoms. The normalized spacial score (nSPS) is 11.0. The van der Waals surface area contributed by atoms with Crippen LogP contribution in [0.2, 0.25) is 0 Å². The van der Waals surface area contributed by atoms with Crippen molar-refractivity contribution >= 4 is 21.6 Å². The van der Waals surface area contributed by atoms with Crippen molar-refractivity contribution in [1.29, 1.82) is 0 Å². The van der Waals surface area contributed by atoms with E-state index in [1.165, 1.54) is 38.5 Å². The summed E-state index contributed by atoms with van der Waals surface area (Å²) in [4.78, 5) is 12.4. The quantitative estimate of drug-likeness (QED) is 0.446. The first kappa shape index (κ1) is 24.1. The Morgan fingerprint density at radius 3 is 2.24 bits per heavy atom. The van der Waals surface area contributed by atoms with Gasteiger partial charge < -0.3 is 19.5 Å². The standard InChI is InChI=1S/C24H26N2O6S/c1-30-20-10-13-23(31-2)22(16-20)26-24(27)17-32-19-8-11-21(12-9-19)33(28,29)25-15-14-18-6-4-3-5-7-18/h3-13,16,25H,14-15,17H2,1-2H3,(H,26,27). The van der Waals surface area contributed by atoms with Crippen LogP contribution in [0.25, 0.3) is 0 Å². The summed E-state index contributed by atoms with van der Waals surface area (Å²) >= 11 is 0. The molecular formula is C24H26N2O6S. The summed E-state index contributed by atoms with van der Waals surface area (Å²) in [7, 11) is -0.617. The van der Waals surface area contributed by atoms with Crippen LogP contribution in [0, 0.1) is 0 Å². The van der Waals surface area contributed by atoms with E-state index in [9.17, 15) is 13.2 Å². The first-order valence-corrected chi connectivity index (χ1v) is 11.7. The summed E-state index contributed by atoms with van der Waals surface area (Å²) in [6.45, 7) is 0.0281. The van der Waals surface area contributed by atoms with E-state index in [0.717, 1.165) is 5.56 Å². The second-order valence-corrected chi connectivity index (χ2v) is 8.77. The summed E-state index contributed by atoms with van der Waals surface area (Å²) in [5.41, 5.74) is 1.50. The average Bonchev–Trinajstić information content (AvgIpc) is 2.83. The zero-order chi connectivity index (χ0) is 23.7. The van der Waals surface area contributed by atoms with E-state index >= 15 is 0 Å². The lowest BCUT2D eigenvalue weighted by Crippen LogP contribution is -2.26. The molecule has 1 amide bonds. The average molecular weight is 471 g/mol. The van der Waals surface area contributed by atoms with Crippen molar-refractivity contribution in [3.8, 4) is 17.2 Å². The number of hydrogen-bond donors (Lipinski definition) is 2. The van der Waals surface area contributed by atoms with E-state index in [-0.39, 0.29) is 11.5 Å². The number of amides is 1. The minimum atomic E-state index is -3.64. The molecule has 0 radical (unpaired) electrons. The van der Waals surface area contributed by atoms with Crippen LogP contribution < -0.4 is 24.2 Å². The van der Waals surface area contributed by atoms with Gasteiger partial charge >= 0.3 is 0 Å². The highest BCUT2D eigenvalue weighted by Gasteiger charge is 2.14. The van der Waals surface area contributed by atoms with Crippen LogP contribution in [0.5, 0.6) is 17.2 Å². The Labute approximate surface area is 193 Å². The Morgan fingerprint density at radius 2 is 1.58 bits per heavy atom. The largest absolute Gasteiger partial charge is 0.497 e. The van der Waals surface area contributed by atoms with Gasteiger partial charge in [-0.15, -0.1) is 0 Å². The van der Waals surface area contributed by atoms with E-state index in [0.29, 0.717) is 35.9 Å². The van der Waals surface area contributed by atoms with Crippen molar-refractivity contribution in [2.45, 2.75) is 11.3 Å². The minimum absolute atomic E-state index is 0.119. The third-order valence-corrected chi connectivity index (χ3v) is 6.21. The van der Waals surface area contributed by atoms with Crippen LogP contribution in [-0.2, 0) is 21.2 Å². The lowest BCUT2D eigenvalue weighted by molar-refractivity contribution is -0.118. The van der Waals surface area contributed by atoms with Crippen molar-refractivity contribution in [2.75, 3.05) is 32.7 Å². The monoisotopic (exact) mass is 470 g/mol. The second kappa shape index (κ2) is 11.3. The van der Waals surface area contributed by atoms with Crippen LogP contribution >= 0.6 is 0 Å². The molecule has 0 aromatic heterocycles. The summed E-state index contributed by atoms with van der Waals surface area (Å²) in [5, 5.41) is 2.70. The zero-order valence-corrected chi connectivity index (χ0v) is 19.2. The molecule has 0 unspecified atom stereocenters. The van der Waals surface area contributed by atoms with Crippen LogP contribution in [0.15, 0.2) is 77.7 Å². The number of hydrogen-bond acceptors (Lipinski definition) is 6. The predicted molar refractivity (Wildman–Crippen MR) is 125 cm³/mol. The molecule has 2 N–H and O–H groups in total. The van der Waals surface area contributed by atoms with Gasteiger partial charge in [0.2, 0.25) is 10.0 Å². The highest BCUT2D eigenvalue weighted by molar-refractivity contribution is 7.89. The minimum Gasteiger partial charge on any atom is -0.497 e. The molecule has 0 fully saturated rings. The maximum Gasteiger partial charge on any atom is 0.262 e. The van der Waals surface area contributed by atoms with E-state index < -0.39 is 15.9 Å². The maximum atomic E-state index is 12.5. The molecule has 0 atom stereocenters. The highest BCUT2D eigenvalue weighted by Crippen LogP contribution is 2.28. The first-order chi connectivity index (χ1) is 15.9. The summed E-state index contributed by atoms with van der Waals surface area (Å²) in [6.07, 6.45) is 0.592. The molecule has 9 heteroatoms. The molecule has 0 heterocycles. The molecule has 174 valence electrons. The zero-order valence-electron chi connectivity index (χ0n) is 18.4. The summed E-state index contributed by atoms with van der Waals surface area (Å²) in [5.74, 6) is 1.02. The molecule has 0 bridgehead atoms. The molecule has 3 rings (SSSR count). The number of ether oxygens (including phenoxy) is 3. The highest BCUT2D eigenvalue weighted by atomic mass is 32.2. The second-order valence-electron chi connectivity index (χ2n) is 7.01. The first-order valence-electron chi connectivity index (χ1n) is 10.2. The Bertz CT molecular complexity index is 1170. The van der Waals surface area contributed by atoms with Gasteiger partial charge in [-0.25, -0.2) is 13.1 Å². The molecule has 0 aliphatic rings. The summed E-state index contributed by atoms with van der Waals surface area (Å²) < 4.78 is 43.4. The number of carbonyl (C=O) groups is 1. The van der Waals surface area contributed by atoms with E-state index in [4.69, 9.17) is 14.2 Å². The van der Waals surface area contributed by atoms with Gasteiger partial charge in [-0.05, 0) is 48.4 Å². The third kappa shape index (κ3) is 6.96. The number of benzene rings is 3. The van der Waals surface area contributed by atoms with Gasteiger partial charge in [-0.2, -0.15) is 0 Å². The number of carbonyl (C=O) groups excluding carboxylic acids is 1. The van der Waals surface area contributed by atoms with Crippen LogP contribution in [0.3, 0.4) is 0 Å². The topological polar surface area (TPSA) is 103 Å². The Balaban J connectivity index is 1.52.